The second kappa shape index (κ2) is 13.3. The highest BCUT2D eigenvalue weighted by atomic mass is 32.2. The Morgan fingerprint density at radius 3 is 2.35 bits per heavy atom. The van der Waals surface area contributed by atoms with Gasteiger partial charge in [-0.1, -0.05) is 37.1 Å². The number of benzene rings is 3. The third-order valence-corrected chi connectivity index (χ3v) is 8.93. The topological polar surface area (TPSA) is 108 Å². The van der Waals surface area contributed by atoms with Crippen LogP contribution in [0.1, 0.15) is 25.7 Å². The molecule has 1 heterocycles. The molecule has 1 aliphatic heterocycles. The SMILES string of the molecule is COc1ccc([N+](=O)[O-])cc1N1CCN(CCCCCCNS(=O)(=O)c2cccc3c(N(C)C)cccc23)CC1. The number of rotatable bonds is 13. The second-order valence-corrected chi connectivity index (χ2v) is 12.0. The van der Waals surface area contributed by atoms with Gasteiger partial charge < -0.3 is 14.5 Å². The van der Waals surface area contributed by atoms with Crippen molar-refractivity contribution in [2.75, 3.05) is 70.3 Å². The summed E-state index contributed by atoms with van der Waals surface area (Å²) in [6.07, 6.45) is 3.81. The molecule has 0 atom stereocenters. The van der Waals surface area contributed by atoms with Crippen LogP contribution in [0, 0.1) is 10.1 Å². The summed E-state index contributed by atoms with van der Waals surface area (Å²) < 4.78 is 34.3. The van der Waals surface area contributed by atoms with Crippen LogP contribution in [0.25, 0.3) is 10.8 Å². The Balaban J connectivity index is 1.18. The van der Waals surface area contributed by atoms with Gasteiger partial charge in [-0.15, -0.1) is 0 Å². The molecule has 0 bridgehead atoms. The molecule has 4 rings (SSSR count). The Morgan fingerprint density at radius 1 is 0.950 bits per heavy atom. The van der Waals surface area contributed by atoms with Gasteiger partial charge in [-0.2, -0.15) is 0 Å². The maximum atomic E-state index is 13.1. The van der Waals surface area contributed by atoms with Gasteiger partial charge >= 0.3 is 0 Å². The Labute approximate surface area is 236 Å². The zero-order valence-electron chi connectivity index (χ0n) is 23.5. The average Bonchev–Trinajstić information content (AvgIpc) is 2.95. The van der Waals surface area contributed by atoms with Crippen molar-refractivity contribution >= 4 is 37.9 Å². The van der Waals surface area contributed by atoms with Gasteiger partial charge in [0.2, 0.25) is 10.0 Å². The van der Waals surface area contributed by atoms with Crippen molar-refractivity contribution in [2.24, 2.45) is 0 Å². The van der Waals surface area contributed by atoms with Gasteiger partial charge in [-0.25, -0.2) is 13.1 Å². The van der Waals surface area contributed by atoms with E-state index in [1.54, 1.807) is 31.4 Å². The van der Waals surface area contributed by atoms with E-state index < -0.39 is 10.0 Å². The number of ether oxygens (including phenoxy) is 1. The molecule has 1 saturated heterocycles. The first-order valence-corrected chi connectivity index (χ1v) is 15.2. The van der Waals surface area contributed by atoms with E-state index in [0.717, 1.165) is 80.6 Å². The molecule has 0 radical (unpaired) electrons. The number of piperazine rings is 1. The number of hydrogen-bond donors (Lipinski definition) is 1. The predicted molar refractivity (Wildman–Crippen MR) is 160 cm³/mol. The highest BCUT2D eigenvalue weighted by Crippen LogP contribution is 2.33. The van der Waals surface area contributed by atoms with Gasteiger partial charge in [0.05, 0.1) is 22.6 Å². The standard InChI is InChI=1S/C29H39N5O5S/c1-31(2)26-12-8-11-25-24(26)10-9-13-29(25)40(37,38)30-16-6-4-5-7-17-32-18-20-33(21-19-32)27-22-23(34(35)36)14-15-28(27)39-3/h8-15,22,30H,4-7,16-21H2,1-3H3. The number of methoxy groups -OCH3 is 1. The quantitative estimate of drug-likeness (QED) is 0.182. The van der Waals surface area contributed by atoms with Gasteiger partial charge in [0.15, 0.2) is 0 Å². The number of non-ortho nitro benzene ring substituents is 1. The molecule has 0 unspecified atom stereocenters. The third-order valence-electron chi connectivity index (χ3n) is 7.41. The summed E-state index contributed by atoms with van der Waals surface area (Å²) in [5, 5.41) is 12.8. The molecule has 1 fully saturated rings. The van der Waals surface area contributed by atoms with E-state index in [-0.39, 0.29) is 10.6 Å². The monoisotopic (exact) mass is 569 g/mol. The zero-order chi connectivity index (χ0) is 28.7. The van der Waals surface area contributed by atoms with Crippen molar-refractivity contribution in [1.29, 1.82) is 0 Å². The minimum Gasteiger partial charge on any atom is -0.495 e. The van der Waals surface area contributed by atoms with E-state index in [2.05, 4.69) is 14.5 Å². The van der Waals surface area contributed by atoms with Crippen LogP contribution in [-0.2, 0) is 10.0 Å². The Morgan fingerprint density at radius 2 is 1.65 bits per heavy atom. The molecular formula is C29H39N5O5S. The van der Waals surface area contributed by atoms with Gasteiger partial charge in [0.25, 0.3) is 5.69 Å². The highest BCUT2D eigenvalue weighted by molar-refractivity contribution is 7.89. The highest BCUT2D eigenvalue weighted by Gasteiger charge is 2.22. The number of nitrogens with zero attached hydrogens (tertiary/aromatic N) is 4. The van der Waals surface area contributed by atoms with Crippen molar-refractivity contribution in [1.82, 2.24) is 9.62 Å². The minimum atomic E-state index is -3.61. The maximum absolute atomic E-state index is 13.1. The summed E-state index contributed by atoms with van der Waals surface area (Å²) in [5.74, 6) is 0.647. The zero-order valence-corrected chi connectivity index (χ0v) is 24.3. The summed E-state index contributed by atoms with van der Waals surface area (Å²) in [6, 6.07) is 15.9. The van der Waals surface area contributed by atoms with Crippen molar-refractivity contribution in [3.8, 4) is 5.75 Å². The number of nitrogens with one attached hydrogen (secondary N) is 1. The largest absolute Gasteiger partial charge is 0.495 e. The van der Waals surface area contributed by atoms with Crippen LogP contribution in [0.15, 0.2) is 59.5 Å². The number of sulfonamides is 1. The van der Waals surface area contributed by atoms with E-state index in [9.17, 15) is 18.5 Å². The van der Waals surface area contributed by atoms with Gasteiger partial charge in [-0.3, -0.25) is 15.0 Å². The van der Waals surface area contributed by atoms with E-state index in [4.69, 9.17) is 4.74 Å². The van der Waals surface area contributed by atoms with E-state index >= 15 is 0 Å². The molecule has 10 nitrogen and oxygen atoms in total. The van der Waals surface area contributed by atoms with Crippen LogP contribution in [0.4, 0.5) is 17.1 Å². The minimum absolute atomic E-state index is 0.0658. The first-order chi connectivity index (χ1) is 19.2. The van der Waals surface area contributed by atoms with Gasteiger partial charge in [-0.05, 0) is 37.6 Å². The van der Waals surface area contributed by atoms with E-state index in [0.29, 0.717) is 17.2 Å². The lowest BCUT2D eigenvalue weighted by atomic mass is 10.1. The fraction of sp³-hybridized carbons (Fsp3) is 0.448. The third kappa shape index (κ3) is 7.01. The molecule has 1 N–H and O–H groups in total. The van der Waals surface area contributed by atoms with Gasteiger partial charge in [0, 0.05) is 75.4 Å². The van der Waals surface area contributed by atoms with Crippen molar-refractivity contribution in [2.45, 2.75) is 30.6 Å². The summed E-state index contributed by atoms with van der Waals surface area (Å²) >= 11 is 0. The number of nitro groups is 1. The molecule has 11 heteroatoms. The number of unbranched alkanes of at least 4 members (excludes halogenated alkanes) is 3. The molecule has 0 aromatic heterocycles. The average molecular weight is 570 g/mol. The summed E-state index contributed by atoms with van der Waals surface area (Å²) in [7, 11) is 1.87. The molecule has 3 aromatic carbocycles. The lowest BCUT2D eigenvalue weighted by Crippen LogP contribution is -2.46. The molecule has 1 aliphatic rings. The van der Waals surface area contributed by atoms with Crippen molar-refractivity contribution in [3.63, 3.8) is 0 Å². The van der Waals surface area contributed by atoms with Crippen LogP contribution in [0.5, 0.6) is 5.75 Å². The molecule has 0 saturated carbocycles. The maximum Gasteiger partial charge on any atom is 0.271 e. The number of nitro benzene ring substituents is 1. The van der Waals surface area contributed by atoms with Crippen LogP contribution in [0.3, 0.4) is 0 Å². The van der Waals surface area contributed by atoms with E-state index in [1.807, 2.05) is 43.3 Å². The normalized spacial score (nSPS) is 14.4. The fourth-order valence-electron chi connectivity index (χ4n) is 5.24. The smallest absolute Gasteiger partial charge is 0.271 e. The second-order valence-electron chi connectivity index (χ2n) is 10.3. The van der Waals surface area contributed by atoms with Crippen LogP contribution in [-0.4, -0.2) is 78.7 Å². The van der Waals surface area contributed by atoms with Crippen molar-refractivity contribution < 1.29 is 18.1 Å². The molecule has 0 amide bonds. The summed E-state index contributed by atoms with van der Waals surface area (Å²) in [4.78, 5) is 17.7. The molecule has 0 aliphatic carbocycles. The number of fused-ring (bicyclic) bond motifs is 1. The first kappa shape index (κ1) is 29.6. The molecule has 40 heavy (non-hydrogen) atoms. The molecule has 216 valence electrons. The van der Waals surface area contributed by atoms with Crippen molar-refractivity contribution in [3.05, 3.63) is 64.7 Å². The van der Waals surface area contributed by atoms with Crippen LogP contribution < -0.4 is 19.3 Å². The van der Waals surface area contributed by atoms with Gasteiger partial charge in [0.1, 0.15) is 5.75 Å². The molecular weight excluding hydrogens is 530 g/mol. The van der Waals surface area contributed by atoms with Crippen LogP contribution in [0.2, 0.25) is 0 Å². The number of anilines is 2. The Kier molecular flexibility index (Phi) is 9.83. The van der Waals surface area contributed by atoms with Crippen LogP contribution >= 0.6 is 0 Å². The Hall–Kier alpha value is -3.41. The summed E-state index contributed by atoms with van der Waals surface area (Å²) in [5.41, 5.74) is 1.82. The molecule has 0 spiro atoms. The van der Waals surface area contributed by atoms with E-state index in [1.165, 1.54) is 6.07 Å². The lowest BCUT2D eigenvalue weighted by molar-refractivity contribution is -0.384. The lowest BCUT2D eigenvalue weighted by Gasteiger charge is -2.36. The first-order valence-electron chi connectivity index (χ1n) is 13.7. The predicted octanol–water partition coefficient (Wildman–Crippen LogP) is 4.48. The molecule has 3 aromatic rings. The summed E-state index contributed by atoms with van der Waals surface area (Å²) in [6.45, 7) is 4.72. The fourth-order valence-corrected chi connectivity index (χ4v) is 6.53. The Bertz CT molecular complexity index is 1420. The number of hydrogen-bond acceptors (Lipinski definition) is 8.